The van der Waals surface area contributed by atoms with Gasteiger partial charge in [-0.1, -0.05) is 45.9 Å². The number of nitrogens with one attached hydrogen (secondary N) is 1. The van der Waals surface area contributed by atoms with Crippen molar-refractivity contribution in [2.75, 3.05) is 13.1 Å². The van der Waals surface area contributed by atoms with Gasteiger partial charge in [-0.25, -0.2) is 4.39 Å². The van der Waals surface area contributed by atoms with Gasteiger partial charge in [-0.15, -0.1) is 0 Å². The van der Waals surface area contributed by atoms with Crippen LogP contribution in [0.4, 0.5) is 4.39 Å². The number of hydrogen-bond acceptors (Lipinski definition) is 3. The minimum Gasteiger partial charge on any atom is -0.481 e. The van der Waals surface area contributed by atoms with Crippen molar-refractivity contribution >= 4 is 11.8 Å². The van der Waals surface area contributed by atoms with Crippen molar-refractivity contribution in [3.8, 4) is 5.75 Å². The van der Waals surface area contributed by atoms with E-state index in [9.17, 15) is 14.0 Å². The zero-order chi connectivity index (χ0) is 23.4. The minimum atomic E-state index is -0.645. The van der Waals surface area contributed by atoms with Gasteiger partial charge in [-0.3, -0.25) is 9.59 Å². The smallest absolute Gasteiger partial charge is 0.260 e. The Hall–Kier alpha value is -2.89. The van der Waals surface area contributed by atoms with E-state index in [1.807, 2.05) is 50.8 Å². The number of carbonyl (C=O) groups is 2. The highest BCUT2D eigenvalue weighted by Crippen LogP contribution is 2.38. The molecule has 1 heterocycles. The van der Waals surface area contributed by atoms with Gasteiger partial charge in [0.1, 0.15) is 11.6 Å². The molecule has 32 heavy (non-hydrogen) atoms. The average Bonchev–Trinajstić information content (AvgIpc) is 2.76. The molecule has 2 amide bonds. The van der Waals surface area contributed by atoms with E-state index in [0.717, 1.165) is 23.1 Å². The molecule has 0 bridgehead atoms. The number of ether oxygens (including phenoxy) is 1. The first kappa shape index (κ1) is 23.8. The van der Waals surface area contributed by atoms with Gasteiger partial charge in [0.05, 0.1) is 6.04 Å². The van der Waals surface area contributed by atoms with Crippen molar-refractivity contribution in [2.45, 2.75) is 53.2 Å². The van der Waals surface area contributed by atoms with Crippen molar-refractivity contribution < 1.29 is 18.7 Å². The Morgan fingerprint density at radius 1 is 1.09 bits per heavy atom. The van der Waals surface area contributed by atoms with E-state index in [0.29, 0.717) is 24.8 Å². The summed E-state index contributed by atoms with van der Waals surface area (Å²) in [5, 5.41) is 2.89. The summed E-state index contributed by atoms with van der Waals surface area (Å²) in [4.78, 5) is 27.2. The number of halogens is 1. The maximum absolute atomic E-state index is 13.6. The van der Waals surface area contributed by atoms with Crippen molar-refractivity contribution in [2.24, 2.45) is 11.8 Å². The van der Waals surface area contributed by atoms with Crippen LogP contribution in [0.15, 0.2) is 42.5 Å². The maximum Gasteiger partial charge on any atom is 0.260 e. The Morgan fingerprint density at radius 2 is 1.78 bits per heavy atom. The van der Waals surface area contributed by atoms with E-state index >= 15 is 0 Å². The van der Waals surface area contributed by atoms with Crippen molar-refractivity contribution in [1.82, 2.24) is 10.2 Å². The summed E-state index contributed by atoms with van der Waals surface area (Å²) >= 11 is 0. The predicted molar refractivity (Wildman–Crippen MR) is 123 cm³/mol. The van der Waals surface area contributed by atoms with Crippen LogP contribution >= 0.6 is 0 Å². The number of amides is 2. The van der Waals surface area contributed by atoms with Gasteiger partial charge in [0.2, 0.25) is 5.91 Å². The number of nitrogens with zero attached hydrogens (tertiary/aromatic N) is 1. The molecule has 2 atom stereocenters. The molecule has 0 spiro atoms. The monoisotopic (exact) mass is 440 g/mol. The lowest BCUT2D eigenvalue weighted by atomic mass is 9.87. The summed E-state index contributed by atoms with van der Waals surface area (Å²) < 4.78 is 19.5. The maximum atomic E-state index is 13.6. The molecule has 0 radical (unpaired) electrons. The molecule has 0 saturated heterocycles. The van der Waals surface area contributed by atoms with E-state index in [2.05, 4.69) is 5.32 Å². The van der Waals surface area contributed by atoms with Gasteiger partial charge in [-0.05, 0) is 60.2 Å². The van der Waals surface area contributed by atoms with Crippen LogP contribution in [0.1, 0.15) is 57.4 Å². The molecule has 172 valence electrons. The Balaban J connectivity index is 1.92. The topological polar surface area (TPSA) is 58.6 Å². The van der Waals surface area contributed by atoms with Crippen molar-refractivity contribution in [3.63, 3.8) is 0 Å². The third kappa shape index (κ3) is 5.47. The highest BCUT2D eigenvalue weighted by Gasteiger charge is 2.33. The molecule has 6 heteroatoms. The molecular weight excluding hydrogens is 407 g/mol. The van der Waals surface area contributed by atoms with Gasteiger partial charge in [-0.2, -0.15) is 0 Å². The summed E-state index contributed by atoms with van der Waals surface area (Å²) in [6, 6.07) is 11.7. The number of hydrogen-bond donors (Lipinski definition) is 1. The fourth-order valence-corrected chi connectivity index (χ4v) is 3.95. The SMILES string of the molecule is CC(C)CNC(=O)C(C)Oc1ccc2c(c1)C(c1ccc(F)cc1)N(C(=O)C(C)C)CC2. The van der Waals surface area contributed by atoms with Crippen molar-refractivity contribution in [3.05, 3.63) is 65.0 Å². The summed E-state index contributed by atoms with van der Waals surface area (Å²) in [5.41, 5.74) is 2.92. The fourth-order valence-electron chi connectivity index (χ4n) is 3.95. The Kier molecular flexibility index (Phi) is 7.54. The largest absolute Gasteiger partial charge is 0.481 e. The lowest BCUT2D eigenvalue weighted by Crippen LogP contribution is -2.42. The zero-order valence-electron chi connectivity index (χ0n) is 19.5. The van der Waals surface area contributed by atoms with E-state index in [4.69, 9.17) is 4.74 Å². The Labute approximate surface area is 190 Å². The molecule has 2 aromatic rings. The van der Waals surface area contributed by atoms with Crippen LogP contribution in [0.5, 0.6) is 5.75 Å². The lowest BCUT2D eigenvalue weighted by molar-refractivity contribution is -0.136. The predicted octanol–water partition coefficient (Wildman–Crippen LogP) is 4.50. The second-order valence-corrected chi connectivity index (χ2v) is 9.15. The first-order valence-corrected chi connectivity index (χ1v) is 11.3. The molecular formula is C26H33FN2O3. The van der Waals surface area contributed by atoms with Crippen LogP contribution in [0, 0.1) is 17.7 Å². The lowest BCUT2D eigenvalue weighted by Gasteiger charge is -2.39. The van der Waals surface area contributed by atoms with Crippen molar-refractivity contribution in [1.29, 1.82) is 0 Å². The standard InChI is InChI=1S/C26H33FN2O3/c1-16(2)15-28-25(30)18(5)32-22-11-8-19-12-13-29(26(31)17(3)4)24(23(19)14-22)20-6-9-21(27)10-7-20/h6-11,14,16-18,24H,12-13,15H2,1-5H3,(H,28,30). The second kappa shape index (κ2) is 10.2. The fraction of sp³-hybridized carbons (Fsp3) is 0.462. The number of rotatable bonds is 7. The van der Waals surface area contributed by atoms with Gasteiger partial charge >= 0.3 is 0 Å². The van der Waals surface area contributed by atoms with Crippen LogP contribution in [-0.4, -0.2) is 35.9 Å². The molecule has 1 aliphatic rings. The highest BCUT2D eigenvalue weighted by atomic mass is 19.1. The molecule has 0 saturated carbocycles. The first-order chi connectivity index (χ1) is 15.2. The third-order valence-corrected chi connectivity index (χ3v) is 5.67. The van der Waals surface area contributed by atoms with Gasteiger partial charge in [0, 0.05) is 19.0 Å². The van der Waals surface area contributed by atoms with Gasteiger partial charge in [0.25, 0.3) is 5.91 Å². The molecule has 0 aromatic heterocycles. The van der Waals surface area contributed by atoms with Crippen LogP contribution in [0.2, 0.25) is 0 Å². The van der Waals surface area contributed by atoms with Crippen LogP contribution in [-0.2, 0) is 16.0 Å². The summed E-state index contributed by atoms with van der Waals surface area (Å²) in [6.07, 6.45) is 0.0870. The summed E-state index contributed by atoms with van der Waals surface area (Å²) in [6.45, 7) is 10.8. The molecule has 2 aromatic carbocycles. The quantitative estimate of drug-likeness (QED) is 0.690. The molecule has 2 unspecified atom stereocenters. The molecule has 1 N–H and O–H groups in total. The van der Waals surface area contributed by atoms with E-state index in [-0.39, 0.29) is 29.6 Å². The number of benzene rings is 2. The summed E-state index contributed by atoms with van der Waals surface area (Å²) in [5.74, 6) is 0.354. The normalized spacial score (nSPS) is 16.6. The Morgan fingerprint density at radius 3 is 2.41 bits per heavy atom. The molecule has 5 nitrogen and oxygen atoms in total. The van der Waals surface area contributed by atoms with Crippen LogP contribution in [0.3, 0.4) is 0 Å². The molecule has 3 rings (SSSR count). The van der Waals surface area contributed by atoms with E-state index in [1.54, 1.807) is 19.1 Å². The second-order valence-electron chi connectivity index (χ2n) is 9.15. The first-order valence-electron chi connectivity index (χ1n) is 11.3. The summed E-state index contributed by atoms with van der Waals surface area (Å²) in [7, 11) is 0. The Bertz CT molecular complexity index is 956. The van der Waals surface area contributed by atoms with E-state index < -0.39 is 6.10 Å². The van der Waals surface area contributed by atoms with Crippen LogP contribution in [0.25, 0.3) is 0 Å². The van der Waals surface area contributed by atoms with Gasteiger partial charge < -0.3 is 15.0 Å². The highest BCUT2D eigenvalue weighted by molar-refractivity contribution is 5.81. The van der Waals surface area contributed by atoms with Crippen LogP contribution < -0.4 is 10.1 Å². The minimum absolute atomic E-state index is 0.0535. The number of fused-ring (bicyclic) bond motifs is 1. The molecule has 1 aliphatic heterocycles. The van der Waals surface area contributed by atoms with E-state index in [1.165, 1.54) is 12.1 Å². The van der Waals surface area contributed by atoms with Gasteiger partial charge in [0.15, 0.2) is 6.10 Å². The zero-order valence-corrected chi connectivity index (χ0v) is 19.5. The number of carbonyl (C=O) groups excluding carboxylic acids is 2. The average molecular weight is 441 g/mol. The third-order valence-electron chi connectivity index (χ3n) is 5.67. The molecule has 0 fully saturated rings. The molecule has 0 aliphatic carbocycles.